The zero-order chi connectivity index (χ0) is 12.3. The predicted octanol–water partition coefficient (Wildman–Crippen LogP) is 2.61. The highest BCUT2D eigenvalue weighted by molar-refractivity contribution is 5.54. The second kappa shape index (κ2) is 4.87. The molecule has 2 aromatic rings. The van der Waals surface area contributed by atoms with Crippen molar-refractivity contribution in [3.8, 4) is 0 Å². The van der Waals surface area contributed by atoms with Gasteiger partial charge in [-0.05, 0) is 30.2 Å². The number of nitrogen functional groups attached to an aromatic ring is 1. The first kappa shape index (κ1) is 11.5. The van der Waals surface area contributed by atoms with Crippen LogP contribution in [-0.4, -0.2) is 12.0 Å². The maximum atomic E-state index is 5.95. The van der Waals surface area contributed by atoms with Gasteiger partial charge in [-0.3, -0.25) is 4.98 Å². The van der Waals surface area contributed by atoms with Crippen LogP contribution in [0.2, 0.25) is 0 Å². The Morgan fingerprint density at radius 2 is 2.00 bits per heavy atom. The maximum absolute atomic E-state index is 5.95. The number of nitrogens with zero attached hydrogens (tertiary/aromatic N) is 2. The van der Waals surface area contributed by atoms with E-state index in [0.29, 0.717) is 0 Å². The van der Waals surface area contributed by atoms with Gasteiger partial charge in [-0.25, -0.2) is 0 Å². The van der Waals surface area contributed by atoms with Crippen molar-refractivity contribution in [2.24, 2.45) is 0 Å². The quantitative estimate of drug-likeness (QED) is 0.819. The Labute approximate surface area is 102 Å². The van der Waals surface area contributed by atoms with Gasteiger partial charge in [0.15, 0.2) is 0 Å². The van der Waals surface area contributed by atoms with Gasteiger partial charge in [-0.1, -0.05) is 18.2 Å². The average Bonchev–Trinajstić information content (AvgIpc) is 2.32. The molecule has 0 fully saturated rings. The molecule has 0 bridgehead atoms. The minimum atomic E-state index is 0.803. The molecule has 2 N–H and O–H groups in total. The fraction of sp³-hybridized carbons (Fsp3) is 0.214. The highest BCUT2D eigenvalue weighted by atomic mass is 15.1. The molecular weight excluding hydrogens is 210 g/mol. The third-order valence-electron chi connectivity index (χ3n) is 2.86. The average molecular weight is 227 g/mol. The van der Waals surface area contributed by atoms with E-state index >= 15 is 0 Å². The first-order valence-corrected chi connectivity index (χ1v) is 5.63. The third-order valence-corrected chi connectivity index (χ3v) is 2.86. The lowest BCUT2D eigenvalue weighted by Gasteiger charge is -2.21. The molecule has 0 unspecified atom stereocenters. The number of pyridine rings is 1. The molecule has 0 saturated carbocycles. The van der Waals surface area contributed by atoms with E-state index in [2.05, 4.69) is 29.9 Å². The molecule has 2 rings (SSSR count). The van der Waals surface area contributed by atoms with E-state index < -0.39 is 0 Å². The van der Waals surface area contributed by atoms with Gasteiger partial charge in [0, 0.05) is 37.4 Å². The van der Waals surface area contributed by atoms with E-state index in [1.54, 1.807) is 0 Å². The molecule has 1 aromatic carbocycles. The second-order valence-electron chi connectivity index (χ2n) is 4.22. The van der Waals surface area contributed by atoms with Crippen LogP contribution < -0.4 is 10.6 Å². The zero-order valence-electron chi connectivity index (χ0n) is 10.2. The van der Waals surface area contributed by atoms with Crippen LogP contribution >= 0.6 is 0 Å². The van der Waals surface area contributed by atoms with Crippen LogP contribution in [0, 0.1) is 6.92 Å². The molecule has 0 radical (unpaired) electrons. The van der Waals surface area contributed by atoms with Crippen LogP contribution in [-0.2, 0) is 6.54 Å². The zero-order valence-corrected chi connectivity index (χ0v) is 10.2. The van der Waals surface area contributed by atoms with Crippen molar-refractivity contribution in [3.05, 3.63) is 53.9 Å². The summed E-state index contributed by atoms with van der Waals surface area (Å²) < 4.78 is 0. The van der Waals surface area contributed by atoms with Gasteiger partial charge >= 0.3 is 0 Å². The van der Waals surface area contributed by atoms with E-state index in [4.69, 9.17) is 5.73 Å². The third kappa shape index (κ3) is 2.56. The fourth-order valence-electron chi connectivity index (χ4n) is 1.91. The number of rotatable bonds is 3. The highest BCUT2D eigenvalue weighted by Crippen LogP contribution is 2.20. The number of benzene rings is 1. The summed E-state index contributed by atoms with van der Waals surface area (Å²) in [6, 6.07) is 9.98. The van der Waals surface area contributed by atoms with Crippen molar-refractivity contribution >= 4 is 11.4 Å². The normalized spacial score (nSPS) is 10.2. The Hall–Kier alpha value is -2.03. The van der Waals surface area contributed by atoms with Gasteiger partial charge in [0.2, 0.25) is 0 Å². The lowest BCUT2D eigenvalue weighted by Crippen LogP contribution is -2.18. The van der Waals surface area contributed by atoms with Crippen LogP contribution in [0.25, 0.3) is 0 Å². The summed E-state index contributed by atoms with van der Waals surface area (Å²) in [5, 5.41) is 0. The van der Waals surface area contributed by atoms with Crippen LogP contribution in [0.3, 0.4) is 0 Å². The van der Waals surface area contributed by atoms with Gasteiger partial charge in [-0.2, -0.15) is 0 Å². The molecule has 0 atom stereocenters. The summed E-state index contributed by atoms with van der Waals surface area (Å²) in [6.07, 6.45) is 3.69. The number of hydrogen-bond acceptors (Lipinski definition) is 3. The van der Waals surface area contributed by atoms with E-state index in [9.17, 15) is 0 Å². The van der Waals surface area contributed by atoms with Crippen molar-refractivity contribution in [1.82, 2.24) is 4.98 Å². The summed E-state index contributed by atoms with van der Waals surface area (Å²) in [6.45, 7) is 2.87. The second-order valence-corrected chi connectivity index (χ2v) is 4.22. The SMILES string of the molecule is Cc1cnccc1N(C)Cc1ccccc1N. The Bertz CT molecular complexity index is 508. The van der Waals surface area contributed by atoms with Crippen molar-refractivity contribution in [2.75, 3.05) is 17.7 Å². The monoisotopic (exact) mass is 227 g/mol. The van der Waals surface area contributed by atoms with E-state index in [-0.39, 0.29) is 0 Å². The summed E-state index contributed by atoms with van der Waals surface area (Å²) in [4.78, 5) is 6.28. The molecule has 1 aromatic heterocycles. The minimum Gasteiger partial charge on any atom is -0.398 e. The smallest absolute Gasteiger partial charge is 0.0446 e. The summed E-state index contributed by atoms with van der Waals surface area (Å²) in [7, 11) is 2.06. The Morgan fingerprint density at radius 1 is 1.24 bits per heavy atom. The Balaban J connectivity index is 2.20. The van der Waals surface area contributed by atoms with Crippen LogP contribution in [0.4, 0.5) is 11.4 Å². The molecule has 0 amide bonds. The van der Waals surface area contributed by atoms with E-state index in [0.717, 1.165) is 17.8 Å². The van der Waals surface area contributed by atoms with Gasteiger partial charge < -0.3 is 10.6 Å². The fourth-order valence-corrected chi connectivity index (χ4v) is 1.91. The Morgan fingerprint density at radius 3 is 2.71 bits per heavy atom. The van der Waals surface area contributed by atoms with Gasteiger partial charge in [-0.15, -0.1) is 0 Å². The van der Waals surface area contributed by atoms with Crippen LogP contribution in [0.5, 0.6) is 0 Å². The molecule has 3 heteroatoms. The molecule has 0 saturated heterocycles. The molecule has 0 spiro atoms. The van der Waals surface area contributed by atoms with Gasteiger partial charge in [0.05, 0.1) is 0 Å². The number of aromatic nitrogens is 1. The molecule has 17 heavy (non-hydrogen) atoms. The number of anilines is 2. The molecule has 0 aliphatic rings. The summed E-state index contributed by atoms with van der Waals surface area (Å²) in [5.74, 6) is 0. The predicted molar refractivity (Wildman–Crippen MR) is 71.9 cm³/mol. The van der Waals surface area contributed by atoms with Gasteiger partial charge in [0.25, 0.3) is 0 Å². The lowest BCUT2D eigenvalue weighted by molar-refractivity contribution is 0.916. The lowest BCUT2D eigenvalue weighted by atomic mass is 10.1. The van der Waals surface area contributed by atoms with E-state index in [1.807, 2.05) is 36.7 Å². The molecule has 0 aliphatic heterocycles. The van der Waals surface area contributed by atoms with Crippen LogP contribution in [0.15, 0.2) is 42.7 Å². The minimum absolute atomic E-state index is 0.803. The number of hydrogen-bond donors (Lipinski definition) is 1. The van der Waals surface area contributed by atoms with Crippen LogP contribution in [0.1, 0.15) is 11.1 Å². The van der Waals surface area contributed by atoms with Crippen molar-refractivity contribution in [3.63, 3.8) is 0 Å². The number of para-hydroxylation sites is 1. The Kier molecular flexibility index (Phi) is 3.28. The molecule has 1 heterocycles. The van der Waals surface area contributed by atoms with Crippen molar-refractivity contribution in [2.45, 2.75) is 13.5 Å². The maximum Gasteiger partial charge on any atom is 0.0446 e. The summed E-state index contributed by atoms with van der Waals surface area (Å²) >= 11 is 0. The number of aryl methyl sites for hydroxylation is 1. The molecule has 88 valence electrons. The highest BCUT2D eigenvalue weighted by Gasteiger charge is 2.06. The van der Waals surface area contributed by atoms with Crippen molar-refractivity contribution in [1.29, 1.82) is 0 Å². The standard InChI is InChI=1S/C14H17N3/c1-11-9-16-8-7-14(11)17(2)10-12-5-3-4-6-13(12)15/h3-9H,10,15H2,1-2H3. The number of nitrogens with two attached hydrogens (primary N) is 1. The van der Waals surface area contributed by atoms with Gasteiger partial charge in [0.1, 0.15) is 0 Å². The first-order chi connectivity index (χ1) is 8.18. The first-order valence-electron chi connectivity index (χ1n) is 5.63. The topological polar surface area (TPSA) is 42.2 Å². The van der Waals surface area contributed by atoms with Crippen molar-refractivity contribution < 1.29 is 0 Å². The molecule has 3 nitrogen and oxygen atoms in total. The molecular formula is C14H17N3. The largest absolute Gasteiger partial charge is 0.398 e. The molecule has 0 aliphatic carbocycles. The summed E-state index contributed by atoms with van der Waals surface area (Å²) in [5.41, 5.74) is 10.3. The van der Waals surface area contributed by atoms with E-state index in [1.165, 1.54) is 11.3 Å².